The minimum absolute atomic E-state index is 0.339. The quantitative estimate of drug-likeness (QED) is 0.495. The van der Waals surface area contributed by atoms with Crippen molar-refractivity contribution in [3.8, 4) is 11.3 Å². The zero-order chi connectivity index (χ0) is 20.9. The van der Waals surface area contributed by atoms with Crippen LogP contribution >= 0.6 is 0 Å². The Kier molecular flexibility index (Phi) is 5.43. The van der Waals surface area contributed by atoms with Gasteiger partial charge in [-0.15, -0.1) is 0 Å². The summed E-state index contributed by atoms with van der Waals surface area (Å²) in [4.78, 5) is 25.5. The van der Waals surface area contributed by atoms with Crippen molar-refractivity contribution in [2.24, 2.45) is 0 Å². The van der Waals surface area contributed by atoms with Gasteiger partial charge in [0.05, 0.1) is 5.69 Å². The molecule has 2 heterocycles. The third-order valence-corrected chi connectivity index (χ3v) is 4.44. The lowest BCUT2D eigenvalue weighted by Gasteiger charge is -2.12. The molecule has 7 heteroatoms. The number of carbonyl (C=O) groups is 1. The summed E-state index contributed by atoms with van der Waals surface area (Å²) in [5.74, 6) is -0.347. The van der Waals surface area contributed by atoms with Gasteiger partial charge in [0, 0.05) is 41.1 Å². The number of benzene rings is 2. The fraction of sp³-hybridized carbons (Fsp3) is 0.0435. The number of amides is 1. The van der Waals surface area contributed by atoms with Crippen LogP contribution in [0, 0.1) is 12.7 Å². The van der Waals surface area contributed by atoms with Crippen LogP contribution < -0.4 is 10.6 Å². The van der Waals surface area contributed by atoms with Crippen LogP contribution in [0.4, 0.5) is 21.7 Å². The van der Waals surface area contributed by atoms with Crippen molar-refractivity contribution in [3.05, 3.63) is 96.2 Å². The summed E-state index contributed by atoms with van der Waals surface area (Å²) in [6, 6.07) is 16.6. The van der Waals surface area contributed by atoms with Crippen molar-refractivity contribution in [1.82, 2.24) is 15.0 Å². The largest absolute Gasteiger partial charge is 0.324 e. The Balaban J connectivity index is 1.56. The van der Waals surface area contributed by atoms with Gasteiger partial charge in [0.15, 0.2) is 0 Å². The monoisotopic (exact) mass is 399 g/mol. The fourth-order valence-electron chi connectivity index (χ4n) is 2.88. The van der Waals surface area contributed by atoms with E-state index in [9.17, 15) is 9.18 Å². The number of anilines is 3. The smallest absolute Gasteiger partial charge is 0.255 e. The molecule has 2 N–H and O–H groups in total. The van der Waals surface area contributed by atoms with Crippen LogP contribution in [-0.2, 0) is 0 Å². The molecule has 30 heavy (non-hydrogen) atoms. The van der Waals surface area contributed by atoms with E-state index in [4.69, 9.17) is 0 Å². The average Bonchev–Trinajstić information content (AvgIpc) is 2.76. The molecule has 148 valence electrons. The molecule has 0 radical (unpaired) electrons. The van der Waals surface area contributed by atoms with Gasteiger partial charge in [0.2, 0.25) is 5.95 Å². The first-order chi connectivity index (χ1) is 14.6. The van der Waals surface area contributed by atoms with E-state index in [1.165, 1.54) is 12.1 Å². The van der Waals surface area contributed by atoms with E-state index in [0.29, 0.717) is 22.9 Å². The van der Waals surface area contributed by atoms with Crippen LogP contribution in [0.1, 0.15) is 15.9 Å². The van der Waals surface area contributed by atoms with Crippen molar-refractivity contribution < 1.29 is 9.18 Å². The first-order valence-corrected chi connectivity index (χ1v) is 9.26. The normalized spacial score (nSPS) is 10.5. The molecule has 4 rings (SSSR count). The Bertz CT molecular complexity index is 1200. The van der Waals surface area contributed by atoms with Crippen molar-refractivity contribution in [2.45, 2.75) is 6.92 Å². The zero-order valence-electron chi connectivity index (χ0n) is 16.1. The van der Waals surface area contributed by atoms with Gasteiger partial charge in [-0.05, 0) is 61.0 Å². The maximum atomic E-state index is 13.4. The third-order valence-electron chi connectivity index (χ3n) is 4.44. The molecular weight excluding hydrogens is 381 g/mol. The van der Waals surface area contributed by atoms with E-state index in [-0.39, 0.29) is 5.91 Å². The molecule has 0 aliphatic carbocycles. The molecule has 1 amide bonds. The summed E-state index contributed by atoms with van der Waals surface area (Å²) in [6.45, 7) is 1.92. The highest BCUT2D eigenvalue weighted by atomic mass is 19.1. The Morgan fingerprint density at radius 2 is 1.90 bits per heavy atom. The maximum absolute atomic E-state index is 13.4. The highest BCUT2D eigenvalue weighted by molar-refractivity contribution is 6.05. The van der Waals surface area contributed by atoms with Crippen LogP contribution in [0.15, 0.2) is 79.3 Å². The molecule has 0 saturated heterocycles. The van der Waals surface area contributed by atoms with E-state index in [0.717, 1.165) is 16.8 Å². The minimum atomic E-state index is -0.412. The van der Waals surface area contributed by atoms with E-state index < -0.39 is 5.82 Å². The molecule has 2 aromatic carbocycles. The second-order valence-electron chi connectivity index (χ2n) is 6.63. The lowest BCUT2D eigenvalue weighted by molar-refractivity contribution is 0.102. The Morgan fingerprint density at radius 1 is 1.00 bits per heavy atom. The number of nitrogens with zero attached hydrogens (tertiary/aromatic N) is 3. The highest BCUT2D eigenvalue weighted by Gasteiger charge is 2.11. The summed E-state index contributed by atoms with van der Waals surface area (Å²) < 4.78 is 13.4. The van der Waals surface area contributed by atoms with Crippen LogP contribution in [0.2, 0.25) is 0 Å². The summed E-state index contributed by atoms with van der Waals surface area (Å²) in [7, 11) is 0. The van der Waals surface area contributed by atoms with Gasteiger partial charge < -0.3 is 10.6 Å². The topological polar surface area (TPSA) is 79.8 Å². The molecule has 0 spiro atoms. The maximum Gasteiger partial charge on any atom is 0.255 e. The molecule has 6 nitrogen and oxygen atoms in total. The van der Waals surface area contributed by atoms with Gasteiger partial charge in [0.1, 0.15) is 5.82 Å². The number of aromatic nitrogens is 3. The van der Waals surface area contributed by atoms with Crippen molar-refractivity contribution in [3.63, 3.8) is 0 Å². The fourth-order valence-corrected chi connectivity index (χ4v) is 2.88. The van der Waals surface area contributed by atoms with E-state index >= 15 is 0 Å². The molecule has 0 aliphatic rings. The standard InChI is InChI=1S/C23H18FN5O/c1-15-7-8-16(22(30)27-19-6-2-5-18(24)13-19)12-21(15)29-23-26-11-9-20(28-23)17-4-3-10-25-14-17/h2-14H,1H3,(H,27,30)(H,26,28,29). The number of carbonyl (C=O) groups excluding carboxylic acids is 1. The second kappa shape index (κ2) is 8.48. The second-order valence-corrected chi connectivity index (χ2v) is 6.63. The van der Waals surface area contributed by atoms with Crippen LogP contribution in [-0.4, -0.2) is 20.9 Å². The van der Waals surface area contributed by atoms with Crippen molar-refractivity contribution in [2.75, 3.05) is 10.6 Å². The number of hydrogen-bond acceptors (Lipinski definition) is 5. The summed E-state index contributed by atoms with van der Waals surface area (Å²) in [5, 5.41) is 5.86. The molecule has 0 bridgehead atoms. The number of pyridine rings is 1. The zero-order valence-corrected chi connectivity index (χ0v) is 16.1. The average molecular weight is 399 g/mol. The van der Waals surface area contributed by atoms with Crippen molar-refractivity contribution >= 4 is 23.2 Å². The van der Waals surface area contributed by atoms with E-state index in [1.807, 2.05) is 25.1 Å². The molecule has 0 unspecified atom stereocenters. The lowest BCUT2D eigenvalue weighted by atomic mass is 10.1. The highest BCUT2D eigenvalue weighted by Crippen LogP contribution is 2.23. The minimum Gasteiger partial charge on any atom is -0.324 e. The number of aryl methyl sites for hydroxylation is 1. The summed E-state index contributed by atoms with van der Waals surface area (Å²) >= 11 is 0. The van der Waals surface area contributed by atoms with E-state index in [1.54, 1.807) is 48.9 Å². The molecule has 0 atom stereocenters. The molecule has 4 aromatic rings. The molecular formula is C23H18FN5O. The van der Waals surface area contributed by atoms with E-state index in [2.05, 4.69) is 25.6 Å². The summed E-state index contributed by atoms with van der Waals surface area (Å²) in [6.07, 6.45) is 5.09. The molecule has 0 fully saturated rings. The molecule has 0 saturated carbocycles. The number of rotatable bonds is 5. The first kappa shape index (κ1) is 19.2. The van der Waals surface area contributed by atoms with Crippen molar-refractivity contribution in [1.29, 1.82) is 0 Å². The Hall–Kier alpha value is -4.13. The van der Waals surface area contributed by atoms with Gasteiger partial charge in [0.25, 0.3) is 5.91 Å². The third kappa shape index (κ3) is 4.47. The predicted octanol–water partition coefficient (Wildman–Crippen LogP) is 4.98. The number of halogens is 1. The van der Waals surface area contributed by atoms with Gasteiger partial charge in [-0.2, -0.15) is 0 Å². The summed E-state index contributed by atoms with van der Waals surface area (Å²) in [5.41, 5.74) is 4.05. The van der Waals surface area contributed by atoms with Crippen LogP contribution in [0.3, 0.4) is 0 Å². The first-order valence-electron chi connectivity index (χ1n) is 9.26. The van der Waals surface area contributed by atoms with Gasteiger partial charge in [-0.25, -0.2) is 14.4 Å². The van der Waals surface area contributed by atoms with Gasteiger partial charge in [-0.3, -0.25) is 9.78 Å². The number of nitrogens with one attached hydrogen (secondary N) is 2. The molecule has 2 aromatic heterocycles. The van der Waals surface area contributed by atoms with Gasteiger partial charge >= 0.3 is 0 Å². The number of hydrogen-bond donors (Lipinski definition) is 2. The van der Waals surface area contributed by atoms with Crippen LogP contribution in [0.25, 0.3) is 11.3 Å². The predicted molar refractivity (Wildman–Crippen MR) is 114 cm³/mol. The Labute approximate surface area is 172 Å². The Morgan fingerprint density at radius 3 is 2.70 bits per heavy atom. The van der Waals surface area contributed by atoms with Gasteiger partial charge in [-0.1, -0.05) is 12.1 Å². The molecule has 0 aliphatic heterocycles. The van der Waals surface area contributed by atoms with Crippen LogP contribution in [0.5, 0.6) is 0 Å². The lowest BCUT2D eigenvalue weighted by Crippen LogP contribution is -2.12. The SMILES string of the molecule is Cc1ccc(C(=O)Nc2cccc(F)c2)cc1Nc1nccc(-c2cccnc2)n1.